The van der Waals surface area contributed by atoms with E-state index in [1.54, 1.807) is 0 Å². The molecule has 0 spiro atoms. The van der Waals surface area contributed by atoms with Gasteiger partial charge < -0.3 is 20.4 Å². The van der Waals surface area contributed by atoms with Gasteiger partial charge in [0.05, 0.1) is 5.41 Å². The third kappa shape index (κ3) is 6.83. The Bertz CT molecular complexity index is 834. The van der Waals surface area contributed by atoms with Crippen molar-refractivity contribution in [1.82, 2.24) is 15.1 Å². The summed E-state index contributed by atoms with van der Waals surface area (Å²) in [7, 11) is 0. The molecule has 1 aromatic carbocycles. The lowest BCUT2D eigenvalue weighted by Gasteiger charge is -2.29. The van der Waals surface area contributed by atoms with Crippen molar-refractivity contribution in [2.75, 3.05) is 26.2 Å². The van der Waals surface area contributed by atoms with Crippen molar-refractivity contribution < 1.29 is 37.8 Å². The maximum atomic E-state index is 12.7. The van der Waals surface area contributed by atoms with Crippen LogP contribution >= 0.6 is 0 Å². The number of benzene rings is 1. The number of amides is 2. The number of nitrogens with one attached hydrogen (secondary N) is 1. The van der Waals surface area contributed by atoms with Gasteiger partial charge in [-0.3, -0.25) is 9.69 Å². The average Bonchev–Trinajstić information content (AvgIpc) is 3.02. The summed E-state index contributed by atoms with van der Waals surface area (Å²) in [6.07, 6.45) is -3.72. The Morgan fingerprint density at radius 3 is 2.27 bits per heavy atom. The van der Waals surface area contributed by atoms with Crippen molar-refractivity contribution in [2.45, 2.75) is 45.5 Å². The summed E-state index contributed by atoms with van der Waals surface area (Å²) < 4.78 is 31.7. The van der Waals surface area contributed by atoms with Crippen LogP contribution in [0.15, 0.2) is 30.3 Å². The Labute approximate surface area is 190 Å². The van der Waals surface area contributed by atoms with Gasteiger partial charge in [0.2, 0.25) is 0 Å². The zero-order valence-corrected chi connectivity index (χ0v) is 18.6. The van der Waals surface area contributed by atoms with Crippen LogP contribution in [0.4, 0.5) is 18.0 Å². The maximum Gasteiger partial charge on any atom is 0.490 e. The van der Waals surface area contributed by atoms with Gasteiger partial charge in [0.1, 0.15) is 0 Å². The number of halogens is 3. The first kappa shape index (κ1) is 26.4. The largest absolute Gasteiger partial charge is 0.490 e. The quantitative estimate of drug-likeness (QED) is 0.620. The van der Waals surface area contributed by atoms with Crippen LogP contribution in [0.5, 0.6) is 0 Å². The Hall–Kier alpha value is -2.82. The van der Waals surface area contributed by atoms with Gasteiger partial charge in [0, 0.05) is 44.7 Å². The molecule has 2 aliphatic heterocycles. The van der Waals surface area contributed by atoms with Gasteiger partial charge in [-0.05, 0) is 32.3 Å². The van der Waals surface area contributed by atoms with Crippen molar-refractivity contribution in [1.29, 1.82) is 0 Å². The van der Waals surface area contributed by atoms with Gasteiger partial charge in [0.25, 0.3) is 0 Å². The summed E-state index contributed by atoms with van der Waals surface area (Å²) in [5.74, 6) is -3.49. The molecule has 2 atom stereocenters. The zero-order chi connectivity index (χ0) is 24.8. The molecule has 3 rings (SSSR count). The number of fused-ring (bicyclic) bond motifs is 1. The molecule has 0 saturated carbocycles. The van der Waals surface area contributed by atoms with E-state index in [9.17, 15) is 27.9 Å². The molecule has 0 unspecified atom stereocenters. The number of urea groups is 1. The maximum absolute atomic E-state index is 12.7. The van der Waals surface area contributed by atoms with Crippen molar-refractivity contribution in [2.24, 2.45) is 11.3 Å². The van der Waals surface area contributed by atoms with E-state index < -0.39 is 23.5 Å². The highest BCUT2D eigenvalue weighted by molar-refractivity contribution is 5.77. The van der Waals surface area contributed by atoms with Gasteiger partial charge in [-0.15, -0.1) is 0 Å². The minimum Gasteiger partial charge on any atom is -0.481 e. The molecule has 11 heteroatoms. The summed E-state index contributed by atoms with van der Waals surface area (Å²) >= 11 is 0. The van der Waals surface area contributed by atoms with E-state index in [0.717, 1.165) is 18.5 Å². The van der Waals surface area contributed by atoms with Crippen molar-refractivity contribution in [3.8, 4) is 0 Å². The van der Waals surface area contributed by atoms with Crippen molar-refractivity contribution in [3.63, 3.8) is 0 Å². The normalized spacial score (nSPS) is 23.2. The van der Waals surface area contributed by atoms with Crippen molar-refractivity contribution >= 4 is 18.0 Å². The summed E-state index contributed by atoms with van der Waals surface area (Å²) in [6.45, 7) is 7.15. The fourth-order valence-electron chi connectivity index (χ4n) is 4.28. The molecule has 0 aliphatic carbocycles. The average molecular weight is 473 g/mol. The number of alkyl halides is 3. The van der Waals surface area contributed by atoms with E-state index in [4.69, 9.17) is 9.90 Å². The highest BCUT2D eigenvalue weighted by Crippen LogP contribution is 2.43. The van der Waals surface area contributed by atoms with Crippen LogP contribution in [0, 0.1) is 11.3 Å². The SMILES string of the molecule is CC(C)N1C[C@@H]2CN(C(=O)NCc3ccccc3)CCC[C@]2(C(=O)O)C1.O=C(O)C(F)(F)F. The number of carbonyl (C=O) groups is 3. The highest BCUT2D eigenvalue weighted by Gasteiger charge is 2.54. The first-order valence-corrected chi connectivity index (χ1v) is 10.7. The lowest BCUT2D eigenvalue weighted by atomic mass is 9.75. The van der Waals surface area contributed by atoms with Crippen LogP contribution in [0.3, 0.4) is 0 Å². The molecule has 2 fully saturated rings. The van der Waals surface area contributed by atoms with Crippen LogP contribution in [0.25, 0.3) is 0 Å². The topological polar surface area (TPSA) is 110 Å². The Morgan fingerprint density at radius 1 is 1.15 bits per heavy atom. The minimum atomic E-state index is -5.08. The third-order valence-electron chi connectivity index (χ3n) is 6.19. The lowest BCUT2D eigenvalue weighted by molar-refractivity contribution is -0.192. The number of nitrogens with zero attached hydrogens (tertiary/aromatic N) is 2. The Morgan fingerprint density at radius 2 is 1.76 bits per heavy atom. The minimum absolute atomic E-state index is 0.0209. The summed E-state index contributed by atoms with van der Waals surface area (Å²) in [5.41, 5.74) is 0.334. The molecule has 0 radical (unpaired) electrons. The number of hydrogen-bond donors (Lipinski definition) is 3. The van der Waals surface area contributed by atoms with E-state index in [0.29, 0.717) is 38.6 Å². The molecule has 184 valence electrons. The number of carboxylic acids is 2. The van der Waals surface area contributed by atoms with Crippen LogP contribution < -0.4 is 5.32 Å². The Kier molecular flexibility index (Phi) is 8.70. The van der Waals surface area contributed by atoms with Gasteiger partial charge in [0.15, 0.2) is 0 Å². The zero-order valence-electron chi connectivity index (χ0n) is 18.6. The number of hydrogen-bond acceptors (Lipinski definition) is 4. The molecular formula is C22H30F3N3O5. The number of aliphatic carboxylic acids is 2. The number of carboxylic acid groups (broad SMARTS) is 2. The van der Waals surface area contributed by atoms with Gasteiger partial charge in [-0.2, -0.15) is 13.2 Å². The van der Waals surface area contributed by atoms with Gasteiger partial charge >= 0.3 is 24.1 Å². The van der Waals surface area contributed by atoms with Crippen molar-refractivity contribution in [3.05, 3.63) is 35.9 Å². The molecule has 2 aliphatic rings. The van der Waals surface area contributed by atoms with Crippen LogP contribution in [0.1, 0.15) is 32.3 Å². The fraction of sp³-hybridized carbons (Fsp3) is 0.591. The smallest absolute Gasteiger partial charge is 0.481 e. The second-order valence-corrected chi connectivity index (χ2v) is 8.68. The predicted molar refractivity (Wildman–Crippen MR) is 113 cm³/mol. The second-order valence-electron chi connectivity index (χ2n) is 8.68. The van der Waals surface area contributed by atoms with Crippen LogP contribution in [0.2, 0.25) is 0 Å². The standard InChI is InChI=1S/C20H29N3O3.C2HF3O2/c1-15(2)23-13-17-12-22(10-6-9-20(17,14-23)18(24)25)19(26)21-11-16-7-4-3-5-8-16;3-2(4,5)1(6)7/h3-5,7-8,15,17H,6,9-14H2,1-2H3,(H,21,26)(H,24,25);(H,6,7)/t17-,20-;/m0./s1. The molecule has 0 bridgehead atoms. The fourth-order valence-corrected chi connectivity index (χ4v) is 4.28. The molecule has 0 aromatic heterocycles. The molecular weight excluding hydrogens is 443 g/mol. The van der Waals surface area contributed by atoms with E-state index >= 15 is 0 Å². The number of rotatable bonds is 4. The van der Waals surface area contributed by atoms with E-state index in [-0.39, 0.29) is 11.9 Å². The summed E-state index contributed by atoms with van der Waals surface area (Å²) in [4.78, 5) is 37.7. The van der Waals surface area contributed by atoms with E-state index in [2.05, 4.69) is 24.1 Å². The third-order valence-corrected chi connectivity index (χ3v) is 6.19. The van der Waals surface area contributed by atoms with Crippen LogP contribution in [-0.2, 0) is 16.1 Å². The number of likely N-dealkylation sites (tertiary alicyclic amines) is 2. The van der Waals surface area contributed by atoms with Gasteiger partial charge in [-0.1, -0.05) is 30.3 Å². The molecule has 2 heterocycles. The Balaban J connectivity index is 0.000000479. The second kappa shape index (κ2) is 10.9. The number of carbonyl (C=O) groups excluding carboxylic acids is 1. The predicted octanol–water partition coefficient (Wildman–Crippen LogP) is 3.04. The van der Waals surface area contributed by atoms with Crippen LogP contribution in [-0.4, -0.2) is 76.4 Å². The molecule has 3 N–H and O–H groups in total. The highest BCUT2D eigenvalue weighted by atomic mass is 19.4. The monoisotopic (exact) mass is 473 g/mol. The summed E-state index contributed by atoms with van der Waals surface area (Å²) in [5, 5.41) is 20.1. The molecule has 33 heavy (non-hydrogen) atoms. The molecule has 2 saturated heterocycles. The molecule has 8 nitrogen and oxygen atoms in total. The first-order valence-electron chi connectivity index (χ1n) is 10.7. The summed E-state index contributed by atoms with van der Waals surface area (Å²) in [6, 6.07) is 10.0. The molecule has 2 amide bonds. The van der Waals surface area contributed by atoms with E-state index in [1.807, 2.05) is 35.2 Å². The first-order chi connectivity index (χ1) is 15.4. The lowest BCUT2D eigenvalue weighted by Crippen LogP contribution is -2.45. The van der Waals surface area contributed by atoms with Gasteiger partial charge in [-0.25, -0.2) is 9.59 Å². The van der Waals surface area contributed by atoms with E-state index in [1.165, 1.54) is 0 Å². The molecule has 1 aromatic rings.